The maximum atomic E-state index is 13.7. The number of carbonyl (C=O) groups excluding carboxylic acids is 2. The summed E-state index contributed by atoms with van der Waals surface area (Å²) in [7, 11) is 1.62. The predicted molar refractivity (Wildman–Crippen MR) is 143 cm³/mol. The average molecular weight is 507 g/mol. The first-order valence-corrected chi connectivity index (χ1v) is 13.3. The van der Waals surface area contributed by atoms with Gasteiger partial charge in [0.1, 0.15) is 24.7 Å². The maximum Gasteiger partial charge on any atom is 0.254 e. The molecule has 2 heterocycles. The molecule has 0 bridgehead atoms. The van der Waals surface area contributed by atoms with Gasteiger partial charge in [-0.25, -0.2) is 0 Å². The van der Waals surface area contributed by atoms with Gasteiger partial charge < -0.3 is 19.3 Å². The van der Waals surface area contributed by atoms with Gasteiger partial charge in [-0.05, 0) is 68.0 Å². The summed E-state index contributed by atoms with van der Waals surface area (Å²) in [6.45, 7) is 7.00. The van der Waals surface area contributed by atoms with Crippen molar-refractivity contribution in [1.29, 1.82) is 0 Å². The minimum Gasteiger partial charge on any atom is -0.497 e. The van der Waals surface area contributed by atoms with Crippen molar-refractivity contribution < 1.29 is 19.1 Å². The van der Waals surface area contributed by atoms with Crippen LogP contribution >= 0.6 is 11.3 Å². The van der Waals surface area contributed by atoms with E-state index < -0.39 is 0 Å². The highest BCUT2D eigenvalue weighted by Crippen LogP contribution is 2.34. The molecule has 7 heteroatoms. The fraction of sp³-hybridized carbons (Fsp3) is 0.379. The molecule has 0 saturated heterocycles. The molecule has 4 rings (SSSR count). The van der Waals surface area contributed by atoms with Gasteiger partial charge >= 0.3 is 0 Å². The molecule has 2 aromatic carbocycles. The zero-order chi connectivity index (χ0) is 25.7. The molecule has 1 aliphatic heterocycles. The second-order valence-electron chi connectivity index (χ2n) is 9.20. The fourth-order valence-corrected chi connectivity index (χ4v) is 5.42. The van der Waals surface area contributed by atoms with Crippen molar-refractivity contribution in [3.63, 3.8) is 0 Å². The molecular weight excluding hydrogens is 472 g/mol. The average Bonchev–Trinajstić information content (AvgIpc) is 3.39. The standard InChI is InChI=1S/C29H34N2O4S/c1-5-21(3)31(29(33)22-11-9-20(2)10-12-22)18-28(32)30-15-13-27-25(14-16-36-27)26(30)19-35-24-8-6-7-23(17-24)34-4/h6-12,14,16-17,21,26H,5,13,15,18-19H2,1-4H3/t21-,26-/m1/s1. The molecule has 6 nitrogen and oxygen atoms in total. The summed E-state index contributed by atoms with van der Waals surface area (Å²) in [5.74, 6) is 1.24. The third-order valence-electron chi connectivity index (χ3n) is 6.85. The van der Waals surface area contributed by atoms with Crippen LogP contribution in [0.25, 0.3) is 0 Å². The number of amides is 2. The van der Waals surface area contributed by atoms with Crippen LogP contribution in [-0.4, -0.2) is 54.5 Å². The number of benzene rings is 2. The smallest absolute Gasteiger partial charge is 0.254 e. The Hall–Kier alpha value is -3.32. The van der Waals surface area contributed by atoms with Crippen LogP contribution in [0.1, 0.15) is 52.7 Å². The number of fused-ring (bicyclic) bond motifs is 1. The molecule has 0 radical (unpaired) electrons. The fourth-order valence-electron chi connectivity index (χ4n) is 4.49. The van der Waals surface area contributed by atoms with Crippen LogP contribution in [0.4, 0.5) is 0 Å². The number of hydrogen-bond donors (Lipinski definition) is 0. The number of thiophene rings is 1. The van der Waals surface area contributed by atoms with E-state index in [4.69, 9.17) is 9.47 Å². The van der Waals surface area contributed by atoms with Gasteiger partial charge in [0.15, 0.2) is 0 Å². The van der Waals surface area contributed by atoms with Crippen molar-refractivity contribution in [2.45, 2.75) is 45.7 Å². The Morgan fingerprint density at radius 3 is 2.61 bits per heavy atom. The third kappa shape index (κ3) is 5.73. The Morgan fingerprint density at radius 1 is 1.14 bits per heavy atom. The first-order valence-electron chi connectivity index (χ1n) is 12.4. The van der Waals surface area contributed by atoms with Gasteiger partial charge in [-0.3, -0.25) is 9.59 Å². The molecule has 1 aromatic heterocycles. The lowest BCUT2D eigenvalue weighted by atomic mass is 10.00. The van der Waals surface area contributed by atoms with Crippen molar-refractivity contribution in [3.05, 3.63) is 81.5 Å². The van der Waals surface area contributed by atoms with Gasteiger partial charge in [-0.1, -0.05) is 30.7 Å². The molecule has 0 unspecified atom stereocenters. The highest BCUT2D eigenvalue weighted by molar-refractivity contribution is 7.10. The monoisotopic (exact) mass is 506 g/mol. The van der Waals surface area contributed by atoms with Crippen LogP contribution in [-0.2, 0) is 11.2 Å². The number of hydrogen-bond acceptors (Lipinski definition) is 5. The van der Waals surface area contributed by atoms with E-state index in [2.05, 4.69) is 11.4 Å². The van der Waals surface area contributed by atoms with E-state index in [1.54, 1.807) is 23.3 Å². The molecule has 0 aliphatic carbocycles. The van der Waals surface area contributed by atoms with E-state index in [1.165, 1.54) is 4.88 Å². The largest absolute Gasteiger partial charge is 0.497 e. The van der Waals surface area contributed by atoms with E-state index in [0.717, 1.165) is 29.7 Å². The van der Waals surface area contributed by atoms with Gasteiger partial charge in [0.25, 0.3) is 5.91 Å². The Balaban J connectivity index is 1.54. The van der Waals surface area contributed by atoms with Gasteiger partial charge in [-0.2, -0.15) is 0 Å². The number of methoxy groups -OCH3 is 1. The summed E-state index contributed by atoms with van der Waals surface area (Å²) in [6, 6.07) is 16.8. The molecule has 0 N–H and O–H groups in total. The first-order chi connectivity index (χ1) is 17.4. The van der Waals surface area contributed by atoms with Crippen LogP contribution in [0.15, 0.2) is 60.0 Å². The Kier molecular flexibility index (Phi) is 8.31. The molecule has 3 aromatic rings. The molecule has 0 saturated carbocycles. The lowest BCUT2D eigenvalue weighted by molar-refractivity contribution is -0.136. The zero-order valence-electron chi connectivity index (χ0n) is 21.4. The topological polar surface area (TPSA) is 59.1 Å². The summed E-state index contributed by atoms with van der Waals surface area (Å²) in [4.78, 5) is 32.0. The Morgan fingerprint density at radius 2 is 1.89 bits per heavy atom. The first kappa shape index (κ1) is 25.8. The van der Waals surface area contributed by atoms with E-state index >= 15 is 0 Å². The lowest BCUT2D eigenvalue weighted by Crippen LogP contribution is -2.49. The van der Waals surface area contributed by atoms with Crippen LogP contribution in [0.2, 0.25) is 0 Å². The summed E-state index contributed by atoms with van der Waals surface area (Å²) < 4.78 is 11.5. The van der Waals surface area contributed by atoms with Gasteiger partial charge in [0.2, 0.25) is 5.91 Å². The van der Waals surface area contributed by atoms with Crippen molar-refractivity contribution in [2.75, 3.05) is 26.8 Å². The SMILES string of the molecule is CC[C@@H](C)N(CC(=O)N1CCc2sccc2[C@H]1COc1cccc(OC)c1)C(=O)c1ccc(C)cc1. The van der Waals surface area contributed by atoms with Crippen LogP contribution < -0.4 is 9.47 Å². The van der Waals surface area contributed by atoms with Crippen LogP contribution in [0, 0.1) is 6.92 Å². The summed E-state index contributed by atoms with van der Waals surface area (Å²) in [5, 5.41) is 2.07. The van der Waals surface area contributed by atoms with E-state index in [0.29, 0.717) is 24.5 Å². The van der Waals surface area contributed by atoms with Crippen molar-refractivity contribution >= 4 is 23.2 Å². The second kappa shape index (κ2) is 11.6. The molecule has 2 amide bonds. The third-order valence-corrected chi connectivity index (χ3v) is 7.85. The number of aryl methyl sites for hydroxylation is 1. The Labute approximate surface area is 217 Å². The molecular formula is C29H34N2O4S. The van der Waals surface area contributed by atoms with Crippen LogP contribution in [0.5, 0.6) is 11.5 Å². The highest BCUT2D eigenvalue weighted by Gasteiger charge is 2.34. The summed E-state index contributed by atoms with van der Waals surface area (Å²) >= 11 is 1.72. The van der Waals surface area contributed by atoms with E-state index in [-0.39, 0.29) is 30.4 Å². The zero-order valence-corrected chi connectivity index (χ0v) is 22.2. The van der Waals surface area contributed by atoms with Gasteiger partial charge in [0.05, 0.1) is 13.2 Å². The summed E-state index contributed by atoms with van der Waals surface area (Å²) in [6.07, 6.45) is 1.57. The van der Waals surface area contributed by atoms with E-state index in [9.17, 15) is 9.59 Å². The number of rotatable bonds is 9. The Bertz CT molecular complexity index is 1190. The normalized spacial score (nSPS) is 15.7. The lowest BCUT2D eigenvalue weighted by Gasteiger charge is -2.38. The highest BCUT2D eigenvalue weighted by atomic mass is 32.1. The van der Waals surface area contributed by atoms with Crippen molar-refractivity contribution in [2.24, 2.45) is 0 Å². The molecule has 36 heavy (non-hydrogen) atoms. The number of nitrogens with zero attached hydrogens (tertiary/aromatic N) is 2. The molecule has 0 fully saturated rings. The van der Waals surface area contributed by atoms with Gasteiger partial charge in [0, 0.05) is 29.1 Å². The molecule has 0 spiro atoms. The van der Waals surface area contributed by atoms with Crippen LogP contribution in [0.3, 0.4) is 0 Å². The summed E-state index contributed by atoms with van der Waals surface area (Å²) in [5.41, 5.74) is 2.82. The number of carbonyl (C=O) groups is 2. The molecule has 190 valence electrons. The minimum atomic E-state index is -0.216. The number of ether oxygens (including phenoxy) is 2. The van der Waals surface area contributed by atoms with Crippen molar-refractivity contribution in [3.8, 4) is 11.5 Å². The second-order valence-corrected chi connectivity index (χ2v) is 10.2. The molecule has 2 atom stereocenters. The van der Waals surface area contributed by atoms with E-state index in [1.807, 2.05) is 74.2 Å². The van der Waals surface area contributed by atoms with Crippen molar-refractivity contribution in [1.82, 2.24) is 9.80 Å². The van der Waals surface area contributed by atoms with Gasteiger partial charge in [-0.15, -0.1) is 11.3 Å². The quantitative estimate of drug-likeness (QED) is 0.384. The molecule has 1 aliphatic rings. The maximum absolute atomic E-state index is 13.7. The predicted octanol–water partition coefficient (Wildman–Crippen LogP) is 5.51. The minimum absolute atomic E-state index is 0.0385.